The number of aromatic nitrogens is 9. The number of amides is 1. The Kier molecular flexibility index (Phi) is 5.65. The van der Waals surface area contributed by atoms with Gasteiger partial charge in [0.1, 0.15) is 18.4 Å². The van der Waals surface area contributed by atoms with E-state index in [9.17, 15) is 9.59 Å². The standard InChI is InChI=1S/C27H27N11O2/c1-36-13-17(11-32-36)22-5-2-15(10-29-22)21-12-33-38-24(28)20(6-7-39)23(34-26(21)38)16-8-18-3-4-19(9-16)37(18)27(40)25-30-14-31-35-25/h2,5,7,10-14,16,18-19H,3-4,6,8-9,28H2,1H3,(H,30,31,35)/t16?,18-,19+. The van der Waals surface area contributed by atoms with E-state index in [0.717, 1.165) is 60.0 Å². The van der Waals surface area contributed by atoms with Crippen molar-refractivity contribution in [3.05, 3.63) is 60.3 Å². The molecule has 2 aliphatic heterocycles. The molecule has 0 aliphatic carbocycles. The lowest BCUT2D eigenvalue weighted by Crippen LogP contribution is -2.46. The highest BCUT2D eigenvalue weighted by atomic mass is 16.2. The van der Waals surface area contributed by atoms with Gasteiger partial charge in [0.25, 0.3) is 5.91 Å². The number of anilines is 1. The van der Waals surface area contributed by atoms with Gasteiger partial charge in [-0.15, -0.1) is 0 Å². The average molecular weight is 538 g/mol. The predicted molar refractivity (Wildman–Crippen MR) is 144 cm³/mol. The molecule has 5 aromatic rings. The molecule has 0 aromatic carbocycles. The zero-order valence-electron chi connectivity index (χ0n) is 21.8. The van der Waals surface area contributed by atoms with Crippen molar-refractivity contribution in [1.82, 2.24) is 49.4 Å². The SMILES string of the molecule is Cn1cc(-c2ccc(-c3cnn4c(N)c(CC=O)c(C5C[C@H]6CC[C@@H](C5)N6C(=O)c5ncn[nH]5)nc34)cn2)cn1. The van der Waals surface area contributed by atoms with Crippen LogP contribution in [0, 0.1) is 0 Å². The first kappa shape index (κ1) is 24.1. The van der Waals surface area contributed by atoms with Gasteiger partial charge in [-0.3, -0.25) is 19.6 Å². The number of rotatable bonds is 6. The van der Waals surface area contributed by atoms with Crippen molar-refractivity contribution in [2.24, 2.45) is 7.05 Å². The number of piperidine rings is 1. The van der Waals surface area contributed by atoms with E-state index in [4.69, 9.17) is 10.7 Å². The maximum Gasteiger partial charge on any atom is 0.291 e. The van der Waals surface area contributed by atoms with Crippen LogP contribution in [0.3, 0.4) is 0 Å². The van der Waals surface area contributed by atoms with Gasteiger partial charge in [0, 0.05) is 66.1 Å². The monoisotopic (exact) mass is 537 g/mol. The van der Waals surface area contributed by atoms with Gasteiger partial charge in [-0.1, -0.05) is 6.07 Å². The van der Waals surface area contributed by atoms with E-state index in [0.29, 0.717) is 17.0 Å². The molecule has 0 saturated carbocycles. The van der Waals surface area contributed by atoms with E-state index >= 15 is 0 Å². The summed E-state index contributed by atoms with van der Waals surface area (Å²) in [6.45, 7) is 0. The minimum Gasteiger partial charge on any atom is -0.383 e. The topological polar surface area (TPSA) is 166 Å². The summed E-state index contributed by atoms with van der Waals surface area (Å²) in [5.41, 5.74) is 12.2. The molecule has 3 N–H and O–H groups in total. The fraction of sp³-hybridized carbons (Fsp3) is 0.333. The Balaban J connectivity index is 1.25. The minimum atomic E-state index is -0.125. The number of nitrogen functional groups attached to an aromatic ring is 1. The summed E-state index contributed by atoms with van der Waals surface area (Å²) in [5.74, 6) is 0.589. The minimum absolute atomic E-state index is 0.0485. The fourth-order valence-corrected chi connectivity index (χ4v) is 6.34. The first-order valence-electron chi connectivity index (χ1n) is 13.2. The number of carbonyl (C=O) groups is 2. The summed E-state index contributed by atoms with van der Waals surface area (Å²) in [6.07, 6.45) is 12.9. The van der Waals surface area contributed by atoms with Crippen molar-refractivity contribution < 1.29 is 9.59 Å². The third kappa shape index (κ3) is 3.84. The van der Waals surface area contributed by atoms with E-state index in [1.165, 1.54) is 6.33 Å². The first-order chi connectivity index (χ1) is 19.5. The second-order valence-corrected chi connectivity index (χ2v) is 10.5. The number of pyridine rings is 1. The molecule has 3 atom stereocenters. The highest BCUT2D eigenvalue weighted by Crippen LogP contribution is 2.45. The van der Waals surface area contributed by atoms with E-state index in [2.05, 4.69) is 30.4 Å². The summed E-state index contributed by atoms with van der Waals surface area (Å²) in [7, 11) is 1.87. The number of aryl methyl sites for hydroxylation is 1. The quantitative estimate of drug-likeness (QED) is 0.309. The average Bonchev–Trinajstić information content (AvgIpc) is 3.77. The molecule has 2 bridgehead atoms. The molecule has 13 heteroatoms. The molecular weight excluding hydrogens is 510 g/mol. The number of aldehydes is 1. The Bertz CT molecular complexity index is 1710. The fourth-order valence-electron chi connectivity index (χ4n) is 6.34. The van der Waals surface area contributed by atoms with E-state index in [1.807, 2.05) is 30.3 Å². The molecule has 1 unspecified atom stereocenters. The highest BCUT2D eigenvalue weighted by molar-refractivity contribution is 5.91. The number of hydrogen-bond donors (Lipinski definition) is 2. The van der Waals surface area contributed by atoms with Crippen LogP contribution in [0.2, 0.25) is 0 Å². The molecule has 2 aliphatic rings. The number of H-pyrrole nitrogens is 1. The van der Waals surface area contributed by atoms with Gasteiger partial charge in [0.2, 0.25) is 5.82 Å². The molecule has 7 rings (SSSR count). The van der Waals surface area contributed by atoms with Crippen molar-refractivity contribution in [3.8, 4) is 22.4 Å². The molecule has 7 heterocycles. The first-order valence-corrected chi connectivity index (χ1v) is 13.2. The molecule has 0 spiro atoms. The van der Waals surface area contributed by atoms with Gasteiger partial charge in [0.05, 0.1) is 23.8 Å². The van der Waals surface area contributed by atoms with Gasteiger partial charge in [-0.25, -0.2) is 9.97 Å². The normalized spacial score (nSPS) is 20.3. The van der Waals surface area contributed by atoms with Crippen LogP contribution < -0.4 is 5.73 Å². The van der Waals surface area contributed by atoms with E-state index < -0.39 is 0 Å². The molecule has 13 nitrogen and oxygen atoms in total. The van der Waals surface area contributed by atoms with Crippen LogP contribution in [-0.4, -0.2) is 73.7 Å². The maximum atomic E-state index is 13.1. The highest BCUT2D eigenvalue weighted by Gasteiger charge is 2.45. The van der Waals surface area contributed by atoms with E-state index in [-0.39, 0.29) is 36.2 Å². The number of aromatic amines is 1. The summed E-state index contributed by atoms with van der Waals surface area (Å²) >= 11 is 0. The number of carbonyl (C=O) groups excluding carboxylic acids is 2. The van der Waals surface area contributed by atoms with Gasteiger partial charge in [-0.2, -0.15) is 19.8 Å². The van der Waals surface area contributed by atoms with Crippen molar-refractivity contribution >= 4 is 23.7 Å². The number of nitrogens with one attached hydrogen (secondary N) is 1. The largest absolute Gasteiger partial charge is 0.383 e. The number of fused-ring (bicyclic) bond motifs is 3. The molecule has 5 aromatic heterocycles. The second kappa shape index (κ2) is 9.36. The van der Waals surface area contributed by atoms with Crippen LogP contribution in [0.5, 0.6) is 0 Å². The molecule has 2 saturated heterocycles. The number of nitrogens with zero attached hydrogens (tertiary/aromatic N) is 9. The Morgan fingerprint density at radius 2 is 1.93 bits per heavy atom. The van der Waals surface area contributed by atoms with E-state index in [1.54, 1.807) is 27.8 Å². The van der Waals surface area contributed by atoms with Crippen molar-refractivity contribution in [3.63, 3.8) is 0 Å². The summed E-state index contributed by atoms with van der Waals surface area (Å²) in [6, 6.07) is 4.04. The summed E-state index contributed by atoms with van der Waals surface area (Å²) in [5, 5.41) is 15.3. The van der Waals surface area contributed by atoms with Crippen LogP contribution in [0.25, 0.3) is 28.0 Å². The molecule has 202 valence electrons. The Hall–Kier alpha value is -4.94. The van der Waals surface area contributed by atoms with Gasteiger partial charge < -0.3 is 15.4 Å². The predicted octanol–water partition coefficient (Wildman–Crippen LogP) is 2.18. The number of nitrogens with two attached hydrogens (primary N) is 1. The van der Waals surface area contributed by atoms with Crippen molar-refractivity contribution in [2.75, 3.05) is 5.73 Å². The lowest BCUT2D eigenvalue weighted by molar-refractivity contribution is -0.107. The Labute approximate surface area is 228 Å². The Morgan fingerprint density at radius 1 is 1.10 bits per heavy atom. The van der Waals surface area contributed by atoms with Gasteiger partial charge in [-0.05, 0) is 31.7 Å². The second-order valence-electron chi connectivity index (χ2n) is 10.5. The van der Waals surface area contributed by atoms with Crippen molar-refractivity contribution in [1.29, 1.82) is 0 Å². The summed E-state index contributed by atoms with van der Waals surface area (Å²) < 4.78 is 3.34. The van der Waals surface area contributed by atoms with Crippen LogP contribution in [0.15, 0.2) is 43.2 Å². The van der Waals surface area contributed by atoms with Gasteiger partial charge >= 0.3 is 0 Å². The Morgan fingerprint density at radius 3 is 2.58 bits per heavy atom. The third-order valence-corrected chi connectivity index (χ3v) is 8.15. The van der Waals surface area contributed by atoms with Crippen molar-refractivity contribution in [2.45, 2.75) is 50.1 Å². The van der Waals surface area contributed by atoms with Crippen LogP contribution in [0.4, 0.5) is 5.82 Å². The number of hydrogen-bond acceptors (Lipinski definition) is 9. The molecule has 40 heavy (non-hydrogen) atoms. The summed E-state index contributed by atoms with van der Waals surface area (Å²) in [4.78, 5) is 40.6. The maximum absolute atomic E-state index is 13.1. The molecular formula is C27H27N11O2. The van der Waals surface area contributed by atoms with Crippen LogP contribution in [-0.2, 0) is 18.3 Å². The zero-order valence-corrected chi connectivity index (χ0v) is 21.8. The van der Waals surface area contributed by atoms with Gasteiger partial charge in [0.15, 0.2) is 5.65 Å². The molecule has 0 radical (unpaired) electrons. The van der Waals surface area contributed by atoms with Crippen LogP contribution >= 0.6 is 0 Å². The van der Waals surface area contributed by atoms with Crippen LogP contribution in [0.1, 0.15) is 53.5 Å². The molecule has 1 amide bonds. The lowest BCUT2D eigenvalue weighted by Gasteiger charge is -2.38. The lowest BCUT2D eigenvalue weighted by atomic mass is 9.85. The molecule has 2 fully saturated rings. The third-order valence-electron chi connectivity index (χ3n) is 8.15. The smallest absolute Gasteiger partial charge is 0.291 e. The zero-order chi connectivity index (χ0) is 27.4.